The van der Waals surface area contributed by atoms with Gasteiger partial charge in [0.2, 0.25) is 0 Å². The second-order valence-electron chi connectivity index (χ2n) is 12.1. The summed E-state index contributed by atoms with van der Waals surface area (Å²) in [5.41, 5.74) is 7.19. The molecule has 0 bridgehead atoms. The molecule has 174 valence electrons. The minimum absolute atomic E-state index is 1.19. The lowest BCUT2D eigenvalue weighted by Crippen LogP contribution is -2.38. The van der Waals surface area contributed by atoms with Crippen molar-refractivity contribution in [1.29, 1.82) is 0 Å². The average Bonchev–Trinajstić information content (AvgIpc) is 3.46. The molecule has 3 aromatic heterocycles. The SMILES string of the molecule is C[Si](C)(C)c1cocc1-c1cc(-c2cocc2[Si](C)(C)C)cc(-c2cocc2[Si](C)(C)C)c1. The van der Waals surface area contributed by atoms with E-state index in [9.17, 15) is 0 Å². The summed E-state index contributed by atoms with van der Waals surface area (Å²) >= 11 is 0. The van der Waals surface area contributed by atoms with Gasteiger partial charge >= 0.3 is 0 Å². The maximum atomic E-state index is 5.76. The molecule has 0 saturated carbocycles. The minimum atomic E-state index is -1.57. The number of benzene rings is 1. The topological polar surface area (TPSA) is 39.4 Å². The van der Waals surface area contributed by atoms with Gasteiger partial charge in [-0.1, -0.05) is 58.9 Å². The lowest BCUT2D eigenvalue weighted by atomic mass is 9.96. The first kappa shape index (κ1) is 23.9. The largest absolute Gasteiger partial charge is 0.472 e. The fourth-order valence-electron chi connectivity index (χ4n) is 4.40. The van der Waals surface area contributed by atoms with Gasteiger partial charge < -0.3 is 13.3 Å². The third-order valence-electron chi connectivity index (χ3n) is 6.28. The molecule has 0 aliphatic heterocycles. The van der Waals surface area contributed by atoms with Crippen LogP contribution < -0.4 is 15.6 Å². The van der Waals surface area contributed by atoms with Gasteiger partial charge in [-0.05, 0) is 50.4 Å². The normalized spacial score (nSPS) is 13.0. The Balaban J connectivity index is 2.00. The van der Waals surface area contributed by atoms with Crippen molar-refractivity contribution in [2.24, 2.45) is 0 Å². The Labute approximate surface area is 200 Å². The van der Waals surface area contributed by atoms with E-state index in [0.717, 1.165) is 0 Å². The first-order chi connectivity index (χ1) is 15.3. The molecule has 1 aromatic carbocycles. The molecule has 0 aliphatic carbocycles. The molecule has 3 heterocycles. The molecular formula is C27H36O3Si3. The standard InChI is InChI=1S/C27H36O3Si3/c1-31(2,3)25-16-28-13-22(25)19-10-20(23-14-29-17-26(23)32(4,5)6)12-21(11-19)24-15-30-18-27(24)33(7,8)9/h10-18H,1-9H3. The van der Waals surface area contributed by atoms with Crippen molar-refractivity contribution in [3.8, 4) is 33.4 Å². The van der Waals surface area contributed by atoms with E-state index < -0.39 is 24.2 Å². The van der Waals surface area contributed by atoms with E-state index in [1.807, 2.05) is 37.6 Å². The molecule has 0 atom stereocenters. The first-order valence-corrected chi connectivity index (χ1v) is 22.1. The third-order valence-corrected chi connectivity index (χ3v) is 12.3. The van der Waals surface area contributed by atoms with Crippen molar-refractivity contribution in [3.05, 3.63) is 55.8 Å². The van der Waals surface area contributed by atoms with E-state index in [1.165, 1.54) is 48.9 Å². The number of furan rings is 3. The van der Waals surface area contributed by atoms with E-state index >= 15 is 0 Å². The Kier molecular flexibility index (Phi) is 5.91. The number of hydrogen-bond donors (Lipinski definition) is 0. The molecular weight excluding hydrogens is 457 g/mol. The van der Waals surface area contributed by atoms with Crippen LogP contribution in [0.1, 0.15) is 0 Å². The summed E-state index contributed by atoms with van der Waals surface area (Å²) in [7, 11) is -4.72. The Morgan fingerprint density at radius 1 is 0.394 bits per heavy atom. The second kappa shape index (κ2) is 8.18. The van der Waals surface area contributed by atoms with Crippen LogP contribution in [0.3, 0.4) is 0 Å². The summed E-state index contributed by atoms with van der Waals surface area (Å²) in [4.78, 5) is 0. The molecule has 4 aromatic rings. The zero-order chi connectivity index (χ0) is 24.2. The molecule has 0 unspecified atom stereocenters. The van der Waals surface area contributed by atoms with Crippen molar-refractivity contribution in [1.82, 2.24) is 0 Å². The molecule has 0 radical (unpaired) electrons. The van der Waals surface area contributed by atoms with Gasteiger partial charge in [0.05, 0.1) is 61.8 Å². The highest BCUT2D eigenvalue weighted by atomic mass is 28.3. The maximum absolute atomic E-state index is 5.76. The van der Waals surface area contributed by atoms with Crippen LogP contribution in [0.5, 0.6) is 0 Å². The molecule has 4 rings (SSSR count). The van der Waals surface area contributed by atoms with Gasteiger partial charge in [0.25, 0.3) is 0 Å². The van der Waals surface area contributed by atoms with E-state index in [-0.39, 0.29) is 0 Å². The van der Waals surface area contributed by atoms with Gasteiger partial charge in [-0.15, -0.1) is 0 Å². The molecule has 6 heteroatoms. The number of hydrogen-bond acceptors (Lipinski definition) is 3. The molecule has 0 amide bonds. The van der Waals surface area contributed by atoms with Crippen molar-refractivity contribution in [3.63, 3.8) is 0 Å². The highest BCUT2D eigenvalue weighted by Crippen LogP contribution is 2.34. The highest BCUT2D eigenvalue weighted by molar-refractivity contribution is 6.90. The Bertz CT molecular complexity index is 1100. The van der Waals surface area contributed by atoms with Crippen LogP contribution in [0.4, 0.5) is 0 Å². The van der Waals surface area contributed by atoms with Crippen LogP contribution >= 0.6 is 0 Å². The summed E-state index contributed by atoms with van der Waals surface area (Å²) in [6.45, 7) is 21.3. The first-order valence-electron chi connectivity index (χ1n) is 11.6. The van der Waals surface area contributed by atoms with Crippen LogP contribution in [0.2, 0.25) is 58.9 Å². The lowest BCUT2D eigenvalue weighted by molar-refractivity contribution is 0.569. The zero-order valence-electron chi connectivity index (χ0n) is 21.4. The average molecular weight is 493 g/mol. The molecule has 0 saturated heterocycles. The lowest BCUT2D eigenvalue weighted by Gasteiger charge is -2.20. The van der Waals surface area contributed by atoms with Crippen molar-refractivity contribution in [2.45, 2.75) is 58.9 Å². The summed E-state index contributed by atoms with van der Waals surface area (Å²) in [6.07, 6.45) is 11.6. The Morgan fingerprint density at radius 2 is 0.636 bits per heavy atom. The number of rotatable bonds is 6. The highest BCUT2D eigenvalue weighted by Gasteiger charge is 2.28. The maximum Gasteiger partial charge on any atom is 0.0979 e. The summed E-state index contributed by atoms with van der Waals surface area (Å²) in [5, 5.41) is 4.04. The van der Waals surface area contributed by atoms with Gasteiger partial charge in [-0.2, -0.15) is 0 Å². The van der Waals surface area contributed by atoms with Crippen molar-refractivity contribution >= 4 is 39.8 Å². The third kappa shape index (κ3) is 4.69. The van der Waals surface area contributed by atoms with E-state index in [4.69, 9.17) is 13.3 Å². The van der Waals surface area contributed by atoms with Gasteiger partial charge in [0.1, 0.15) is 0 Å². The zero-order valence-corrected chi connectivity index (χ0v) is 24.4. The van der Waals surface area contributed by atoms with E-state index in [2.05, 4.69) is 77.1 Å². The summed E-state index contributed by atoms with van der Waals surface area (Å²) < 4.78 is 17.3. The molecule has 0 aliphatic rings. The smallest absolute Gasteiger partial charge is 0.0979 e. The second-order valence-corrected chi connectivity index (χ2v) is 27.3. The van der Waals surface area contributed by atoms with Crippen LogP contribution in [-0.4, -0.2) is 24.2 Å². The van der Waals surface area contributed by atoms with Gasteiger partial charge in [0.15, 0.2) is 0 Å². The van der Waals surface area contributed by atoms with Crippen molar-refractivity contribution in [2.75, 3.05) is 0 Å². The van der Waals surface area contributed by atoms with Crippen LogP contribution in [0, 0.1) is 0 Å². The van der Waals surface area contributed by atoms with Gasteiger partial charge in [-0.25, -0.2) is 0 Å². The summed E-state index contributed by atoms with van der Waals surface area (Å²) in [5.74, 6) is 0. The Hall–Kier alpha value is -2.29. The molecule has 0 spiro atoms. The summed E-state index contributed by atoms with van der Waals surface area (Å²) in [6, 6.07) is 6.92. The fourth-order valence-corrected chi connectivity index (χ4v) is 8.70. The van der Waals surface area contributed by atoms with Crippen LogP contribution in [-0.2, 0) is 0 Å². The molecule has 3 nitrogen and oxygen atoms in total. The van der Waals surface area contributed by atoms with Crippen LogP contribution in [0.15, 0.2) is 69.0 Å². The predicted molar refractivity (Wildman–Crippen MR) is 148 cm³/mol. The molecule has 33 heavy (non-hydrogen) atoms. The monoisotopic (exact) mass is 492 g/mol. The van der Waals surface area contributed by atoms with E-state index in [1.54, 1.807) is 0 Å². The molecule has 0 N–H and O–H groups in total. The van der Waals surface area contributed by atoms with Crippen LogP contribution in [0.25, 0.3) is 33.4 Å². The molecule has 0 fully saturated rings. The van der Waals surface area contributed by atoms with Gasteiger partial charge in [-0.3, -0.25) is 0 Å². The van der Waals surface area contributed by atoms with Crippen molar-refractivity contribution < 1.29 is 13.3 Å². The predicted octanol–water partition coefficient (Wildman–Crippen LogP) is 7.10. The quantitative estimate of drug-likeness (QED) is 0.269. The fraction of sp³-hybridized carbons (Fsp3) is 0.333. The Morgan fingerprint density at radius 3 is 0.848 bits per heavy atom. The van der Waals surface area contributed by atoms with E-state index in [0.29, 0.717) is 0 Å². The van der Waals surface area contributed by atoms with Gasteiger partial charge in [0, 0.05) is 16.7 Å². The minimum Gasteiger partial charge on any atom is -0.472 e.